The van der Waals surface area contributed by atoms with Crippen LogP contribution in [0.25, 0.3) is 111 Å². The van der Waals surface area contributed by atoms with E-state index in [1.165, 1.54) is 49.0 Å². The molecule has 0 saturated heterocycles. The Balaban J connectivity index is 1.22. The van der Waals surface area contributed by atoms with E-state index < -0.39 is 0 Å². The lowest BCUT2D eigenvalue weighted by atomic mass is 9.63. The van der Waals surface area contributed by atoms with Gasteiger partial charge in [0.1, 0.15) is 11.2 Å². The van der Waals surface area contributed by atoms with Crippen LogP contribution in [0.3, 0.4) is 0 Å². The van der Waals surface area contributed by atoms with Gasteiger partial charge in [0.05, 0.1) is 22.1 Å². The molecule has 0 spiro atoms. The summed E-state index contributed by atoms with van der Waals surface area (Å²) in [4.78, 5) is 16.2. The summed E-state index contributed by atoms with van der Waals surface area (Å²) in [6.07, 6.45) is 2.23. The molecule has 302 valence electrons. The maximum Gasteiger partial charge on any atom is 0.238 e. The molecule has 0 bridgehead atoms. The van der Waals surface area contributed by atoms with Crippen LogP contribution >= 0.6 is 0 Å². The second-order valence-corrected chi connectivity index (χ2v) is 18.6. The summed E-state index contributed by atoms with van der Waals surface area (Å²) < 4.78 is 11.2. The maximum absolute atomic E-state index is 6.40. The monoisotopic (exact) mass is 813 g/mol. The molecule has 0 radical (unpaired) electrons. The van der Waals surface area contributed by atoms with Gasteiger partial charge in [0.15, 0.2) is 11.6 Å². The van der Waals surface area contributed by atoms with E-state index in [1.54, 1.807) is 0 Å². The number of aromatic nitrogens is 5. The van der Waals surface area contributed by atoms with Crippen LogP contribution < -0.4 is 0 Å². The highest BCUT2D eigenvalue weighted by Gasteiger charge is 2.38. The van der Waals surface area contributed by atoms with E-state index in [1.807, 2.05) is 42.5 Å². The fourth-order valence-electron chi connectivity index (χ4n) is 10.8. The predicted molar refractivity (Wildman–Crippen MR) is 259 cm³/mol. The zero-order valence-corrected chi connectivity index (χ0v) is 35.6. The predicted octanol–water partition coefficient (Wildman–Crippen LogP) is 14.8. The van der Waals surface area contributed by atoms with Crippen molar-refractivity contribution in [1.82, 2.24) is 24.1 Å². The quantitative estimate of drug-likeness (QED) is 0.178. The van der Waals surface area contributed by atoms with Crippen LogP contribution in [0.4, 0.5) is 0 Å². The van der Waals surface area contributed by atoms with Crippen LogP contribution in [0, 0.1) is 0 Å². The van der Waals surface area contributed by atoms with E-state index in [0.717, 1.165) is 68.1 Å². The topological polar surface area (TPSA) is 61.7 Å². The van der Waals surface area contributed by atoms with Crippen molar-refractivity contribution >= 4 is 76.3 Å². The Morgan fingerprint density at radius 2 is 1.05 bits per heavy atom. The molecule has 12 aromatic rings. The van der Waals surface area contributed by atoms with Crippen molar-refractivity contribution in [2.45, 2.75) is 51.4 Å². The number of para-hydroxylation sites is 2. The average Bonchev–Trinajstić information content (AvgIpc) is 3.98. The third-order valence-electron chi connectivity index (χ3n) is 14.0. The number of hydrogen-bond donors (Lipinski definition) is 0. The van der Waals surface area contributed by atoms with Crippen LogP contribution in [0.15, 0.2) is 168 Å². The fraction of sp³-hybridized carbons (Fsp3) is 0.140. The third-order valence-corrected chi connectivity index (χ3v) is 14.0. The first kappa shape index (κ1) is 36.1. The van der Waals surface area contributed by atoms with Crippen LogP contribution in [0.1, 0.15) is 51.7 Å². The number of hydrogen-bond acceptors (Lipinski definition) is 4. The summed E-state index contributed by atoms with van der Waals surface area (Å²) in [6, 6.07) is 58.4. The standard InChI is InChI=1S/C57H43N5O/c1-56(2)30-31-57(3,4)42-33-46-40(32-41(42)56)51-44(28-29-45-52(51)50-37-21-12-11-16-34(37)26-27-43(50)61(45)36-19-9-6-10-20-36)62(46)55-59-53(35-17-7-5-8-18-35)58-54(60-55)39-23-15-25-48-49(39)38-22-13-14-24-47(38)63-48/h5-29,32-33H,30-31H2,1-4H3. The van der Waals surface area contributed by atoms with Gasteiger partial charge in [-0.3, -0.25) is 4.57 Å². The minimum Gasteiger partial charge on any atom is -0.456 e. The molecule has 6 heteroatoms. The Morgan fingerprint density at radius 1 is 0.444 bits per heavy atom. The zero-order valence-electron chi connectivity index (χ0n) is 35.6. The summed E-state index contributed by atoms with van der Waals surface area (Å²) in [5.74, 6) is 1.79. The second-order valence-electron chi connectivity index (χ2n) is 18.6. The summed E-state index contributed by atoms with van der Waals surface area (Å²) in [7, 11) is 0. The lowest BCUT2D eigenvalue weighted by Gasteiger charge is -2.42. The molecule has 0 amide bonds. The highest BCUT2D eigenvalue weighted by atomic mass is 16.3. The largest absolute Gasteiger partial charge is 0.456 e. The lowest BCUT2D eigenvalue weighted by Crippen LogP contribution is -2.33. The van der Waals surface area contributed by atoms with E-state index >= 15 is 0 Å². The Morgan fingerprint density at radius 3 is 1.84 bits per heavy atom. The van der Waals surface area contributed by atoms with Gasteiger partial charge in [0, 0.05) is 49.1 Å². The Labute approximate surface area is 364 Å². The molecule has 13 rings (SSSR count). The smallest absolute Gasteiger partial charge is 0.238 e. The van der Waals surface area contributed by atoms with Crippen LogP contribution in [-0.2, 0) is 10.8 Å². The minimum absolute atomic E-state index is 0.00103. The van der Waals surface area contributed by atoms with E-state index in [4.69, 9.17) is 19.4 Å². The third kappa shape index (κ3) is 5.21. The van der Waals surface area contributed by atoms with Gasteiger partial charge < -0.3 is 8.98 Å². The number of fused-ring (bicyclic) bond motifs is 13. The molecule has 1 aliphatic rings. The van der Waals surface area contributed by atoms with E-state index in [2.05, 4.69) is 158 Å². The Bertz CT molecular complexity index is 3850. The number of furan rings is 1. The van der Waals surface area contributed by atoms with Crippen molar-refractivity contribution in [2.75, 3.05) is 0 Å². The lowest BCUT2D eigenvalue weighted by molar-refractivity contribution is 0.332. The van der Waals surface area contributed by atoms with Crippen molar-refractivity contribution in [2.24, 2.45) is 0 Å². The number of nitrogens with zero attached hydrogens (tertiary/aromatic N) is 5. The van der Waals surface area contributed by atoms with Gasteiger partial charge in [0.25, 0.3) is 0 Å². The van der Waals surface area contributed by atoms with Gasteiger partial charge in [-0.15, -0.1) is 0 Å². The van der Waals surface area contributed by atoms with Crippen LogP contribution in [0.5, 0.6) is 0 Å². The van der Waals surface area contributed by atoms with Gasteiger partial charge in [-0.05, 0) is 100 Å². The van der Waals surface area contributed by atoms with E-state index in [-0.39, 0.29) is 10.8 Å². The molecular weight excluding hydrogens is 771 g/mol. The summed E-state index contributed by atoms with van der Waals surface area (Å²) >= 11 is 0. The summed E-state index contributed by atoms with van der Waals surface area (Å²) in [5.41, 5.74) is 11.9. The zero-order chi connectivity index (χ0) is 42.2. The van der Waals surface area contributed by atoms with Crippen molar-refractivity contribution < 1.29 is 4.42 Å². The normalized spacial score (nSPS) is 14.8. The summed E-state index contributed by atoms with van der Waals surface area (Å²) in [6.45, 7) is 9.65. The van der Waals surface area contributed by atoms with Crippen molar-refractivity contribution in [3.63, 3.8) is 0 Å². The van der Waals surface area contributed by atoms with Crippen molar-refractivity contribution in [3.8, 4) is 34.4 Å². The SMILES string of the molecule is CC1(C)CCC(C)(C)c2cc3c(cc21)c1c2c4c5ccccc5ccc4n(-c4ccccc4)c2ccc1n3-c1nc(-c2ccccc2)nc(-c2cccc3oc4ccccc4c23)n1. The molecule has 63 heavy (non-hydrogen) atoms. The molecule has 8 aromatic carbocycles. The van der Waals surface area contributed by atoms with Crippen LogP contribution in [0.2, 0.25) is 0 Å². The second kappa shape index (κ2) is 13.0. The van der Waals surface area contributed by atoms with Crippen LogP contribution in [-0.4, -0.2) is 24.1 Å². The Hall–Kier alpha value is -7.57. The van der Waals surface area contributed by atoms with Gasteiger partial charge in [-0.25, -0.2) is 4.98 Å². The number of benzene rings is 8. The van der Waals surface area contributed by atoms with E-state index in [9.17, 15) is 0 Å². The fourth-order valence-corrected chi connectivity index (χ4v) is 10.8. The molecule has 0 N–H and O–H groups in total. The first-order valence-electron chi connectivity index (χ1n) is 22.0. The first-order chi connectivity index (χ1) is 30.7. The van der Waals surface area contributed by atoms with Gasteiger partial charge >= 0.3 is 0 Å². The molecule has 4 aromatic heterocycles. The molecule has 4 heterocycles. The highest BCUT2D eigenvalue weighted by Crippen LogP contribution is 2.51. The van der Waals surface area contributed by atoms with E-state index in [0.29, 0.717) is 17.6 Å². The molecule has 1 aliphatic carbocycles. The van der Waals surface area contributed by atoms with Gasteiger partial charge in [-0.2, -0.15) is 9.97 Å². The minimum atomic E-state index is -0.0212. The average molecular weight is 814 g/mol. The molecular formula is C57H43N5O. The molecule has 0 aliphatic heterocycles. The van der Waals surface area contributed by atoms with Crippen molar-refractivity contribution in [1.29, 1.82) is 0 Å². The molecule has 0 atom stereocenters. The highest BCUT2D eigenvalue weighted by molar-refractivity contribution is 6.33. The van der Waals surface area contributed by atoms with Crippen molar-refractivity contribution in [3.05, 3.63) is 175 Å². The number of rotatable bonds is 4. The Kier molecular flexibility index (Phi) is 7.44. The summed E-state index contributed by atoms with van der Waals surface area (Å²) in [5, 5.41) is 9.35. The molecule has 0 unspecified atom stereocenters. The van der Waals surface area contributed by atoms with Gasteiger partial charge in [-0.1, -0.05) is 137 Å². The molecule has 0 fully saturated rings. The molecule has 0 saturated carbocycles. The first-order valence-corrected chi connectivity index (χ1v) is 22.0. The van der Waals surface area contributed by atoms with Gasteiger partial charge in [0.2, 0.25) is 5.95 Å². The maximum atomic E-state index is 6.40. The molecule has 6 nitrogen and oxygen atoms in total.